The summed E-state index contributed by atoms with van der Waals surface area (Å²) in [5, 5.41) is 9.21. The van der Waals surface area contributed by atoms with E-state index >= 15 is 0 Å². The van der Waals surface area contributed by atoms with E-state index in [0.29, 0.717) is 0 Å². The van der Waals surface area contributed by atoms with Crippen LogP contribution in [0.4, 0.5) is 0 Å². The van der Waals surface area contributed by atoms with E-state index in [4.69, 9.17) is 0 Å². The number of rotatable bonds is 2. The van der Waals surface area contributed by atoms with Gasteiger partial charge in [-0.2, -0.15) is 0 Å². The quantitative estimate of drug-likeness (QED) is 0.682. The van der Waals surface area contributed by atoms with Crippen molar-refractivity contribution in [3.63, 3.8) is 0 Å². The van der Waals surface area contributed by atoms with Crippen LogP contribution >= 0.6 is 0 Å². The normalized spacial score (nSPS) is 12.5. The molecule has 58 valence electrons. The van der Waals surface area contributed by atoms with Gasteiger partial charge in [0.15, 0.2) is 0 Å². The highest BCUT2D eigenvalue weighted by Gasteiger charge is 1.98. The second kappa shape index (κ2) is 3.35. The molecule has 0 saturated carbocycles. The Morgan fingerprint density at radius 3 is 2.82 bits per heavy atom. The number of benzene rings is 1. The number of hydrogen-bond acceptors (Lipinski definition) is 1. The average Bonchev–Trinajstić information content (AvgIpc) is 2.05. The lowest BCUT2D eigenvalue weighted by molar-refractivity contribution is 0.199. The molecule has 0 aromatic heterocycles. The average molecular weight is 148 g/mol. The molecule has 0 spiro atoms. The van der Waals surface area contributed by atoms with E-state index in [1.54, 1.807) is 13.0 Å². The van der Waals surface area contributed by atoms with Gasteiger partial charge in [-0.1, -0.05) is 30.9 Å². The number of aliphatic hydroxyl groups is 1. The molecule has 1 heteroatoms. The van der Waals surface area contributed by atoms with E-state index in [1.807, 2.05) is 24.3 Å². The summed E-state index contributed by atoms with van der Waals surface area (Å²) in [6.07, 6.45) is 1.38. The first-order chi connectivity index (χ1) is 5.24. The highest BCUT2D eigenvalue weighted by molar-refractivity contribution is 5.48. The van der Waals surface area contributed by atoms with Crippen molar-refractivity contribution in [1.82, 2.24) is 0 Å². The molecule has 1 nitrogen and oxygen atoms in total. The van der Waals surface area contributed by atoms with E-state index in [-0.39, 0.29) is 0 Å². The Kier molecular flexibility index (Phi) is 2.44. The zero-order valence-corrected chi connectivity index (χ0v) is 6.62. The molecule has 0 heterocycles. The third-order valence-electron chi connectivity index (χ3n) is 1.63. The molecule has 0 amide bonds. The molecule has 0 aliphatic carbocycles. The summed E-state index contributed by atoms with van der Waals surface area (Å²) < 4.78 is 0. The van der Waals surface area contributed by atoms with Gasteiger partial charge in [-0.25, -0.2) is 0 Å². The summed E-state index contributed by atoms with van der Waals surface area (Å²) in [6, 6.07) is 7.70. The number of aliphatic hydroxyl groups excluding tert-OH is 1. The summed E-state index contributed by atoms with van der Waals surface area (Å²) in [6.45, 7) is 5.40. The molecular formula is C10H12O. The van der Waals surface area contributed by atoms with Crippen molar-refractivity contribution in [2.45, 2.75) is 13.0 Å². The molecule has 1 aromatic rings. The van der Waals surface area contributed by atoms with Crippen LogP contribution in [0.15, 0.2) is 30.8 Å². The van der Waals surface area contributed by atoms with Crippen molar-refractivity contribution < 1.29 is 5.11 Å². The van der Waals surface area contributed by atoms with Crippen LogP contribution in [-0.4, -0.2) is 5.11 Å². The van der Waals surface area contributed by atoms with Crippen LogP contribution in [0.25, 0.3) is 6.08 Å². The molecule has 1 aromatic carbocycles. The van der Waals surface area contributed by atoms with Crippen LogP contribution in [0.5, 0.6) is 0 Å². The third-order valence-corrected chi connectivity index (χ3v) is 1.63. The fourth-order valence-corrected chi connectivity index (χ4v) is 0.946. The Morgan fingerprint density at radius 2 is 2.27 bits per heavy atom. The van der Waals surface area contributed by atoms with E-state index in [2.05, 4.69) is 6.58 Å². The fraction of sp³-hybridized carbons (Fsp3) is 0.200. The maximum Gasteiger partial charge on any atom is 0.0762 e. The van der Waals surface area contributed by atoms with Crippen molar-refractivity contribution >= 4 is 6.08 Å². The van der Waals surface area contributed by atoms with Gasteiger partial charge in [-0.05, 0) is 24.1 Å². The van der Waals surface area contributed by atoms with Crippen LogP contribution in [-0.2, 0) is 0 Å². The van der Waals surface area contributed by atoms with E-state index < -0.39 is 6.10 Å². The first-order valence-electron chi connectivity index (χ1n) is 3.64. The lowest BCUT2D eigenvalue weighted by Crippen LogP contribution is -1.90. The van der Waals surface area contributed by atoms with Crippen molar-refractivity contribution in [1.29, 1.82) is 0 Å². The fourth-order valence-electron chi connectivity index (χ4n) is 0.946. The van der Waals surface area contributed by atoms with Gasteiger partial charge in [0.25, 0.3) is 0 Å². The van der Waals surface area contributed by atoms with Crippen molar-refractivity contribution in [2.24, 2.45) is 0 Å². The molecule has 11 heavy (non-hydrogen) atoms. The van der Waals surface area contributed by atoms with E-state index in [1.165, 1.54) is 0 Å². The Hall–Kier alpha value is -1.08. The van der Waals surface area contributed by atoms with Gasteiger partial charge < -0.3 is 5.11 Å². The summed E-state index contributed by atoms with van der Waals surface area (Å²) in [5.74, 6) is 0. The minimum atomic E-state index is -0.394. The minimum Gasteiger partial charge on any atom is -0.389 e. The molecular weight excluding hydrogens is 136 g/mol. The van der Waals surface area contributed by atoms with Gasteiger partial charge in [0.05, 0.1) is 6.10 Å². The molecule has 0 bridgehead atoms. The van der Waals surface area contributed by atoms with E-state index in [9.17, 15) is 5.11 Å². The first-order valence-corrected chi connectivity index (χ1v) is 3.64. The molecule has 0 saturated heterocycles. The van der Waals surface area contributed by atoms with Gasteiger partial charge >= 0.3 is 0 Å². The second-order valence-corrected chi connectivity index (χ2v) is 2.55. The van der Waals surface area contributed by atoms with Gasteiger partial charge in [0, 0.05) is 0 Å². The molecule has 0 fully saturated rings. The smallest absolute Gasteiger partial charge is 0.0762 e. The van der Waals surface area contributed by atoms with Gasteiger partial charge in [-0.15, -0.1) is 0 Å². The van der Waals surface area contributed by atoms with E-state index in [0.717, 1.165) is 11.1 Å². The lowest BCUT2D eigenvalue weighted by atomic mass is 10.1. The third kappa shape index (κ3) is 1.92. The highest BCUT2D eigenvalue weighted by atomic mass is 16.3. The van der Waals surface area contributed by atoms with Gasteiger partial charge in [0.1, 0.15) is 0 Å². The highest BCUT2D eigenvalue weighted by Crippen LogP contribution is 2.13. The lowest BCUT2D eigenvalue weighted by Gasteiger charge is -2.04. The Labute approximate surface area is 67.0 Å². The predicted octanol–water partition coefficient (Wildman–Crippen LogP) is 2.38. The predicted molar refractivity (Wildman–Crippen MR) is 47.2 cm³/mol. The van der Waals surface area contributed by atoms with Crippen LogP contribution in [0.1, 0.15) is 24.2 Å². The maximum absolute atomic E-state index is 9.21. The maximum atomic E-state index is 9.21. The van der Waals surface area contributed by atoms with Crippen LogP contribution < -0.4 is 0 Å². The van der Waals surface area contributed by atoms with Crippen molar-refractivity contribution in [3.05, 3.63) is 42.0 Å². The minimum absolute atomic E-state index is 0.394. The summed E-state index contributed by atoms with van der Waals surface area (Å²) in [4.78, 5) is 0. The molecule has 0 aliphatic heterocycles. The number of hydrogen-bond donors (Lipinski definition) is 1. The van der Waals surface area contributed by atoms with Gasteiger partial charge in [0.2, 0.25) is 0 Å². The molecule has 0 unspecified atom stereocenters. The van der Waals surface area contributed by atoms with Crippen molar-refractivity contribution in [2.75, 3.05) is 0 Å². The van der Waals surface area contributed by atoms with Crippen LogP contribution in [0.2, 0.25) is 0 Å². The zero-order valence-electron chi connectivity index (χ0n) is 6.62. The summed E-state index contributed by atoms with van der Waals surface area (Å²) in [5.41, 5.74) is 1.98. The summed E-state index contributed by atoms with van der Waals surface area (Å²) in [7, 11) is 0. The molecule has 1 rings (SSSR count). The summed E-state index contributed by atoms with van der Waals surface area (Å²) >= 11 is 0. The molecule has 0 aliphatic rings. The zero-order chi connectivity index (χ0) is 8.27. The van der Waals surface area contributed by atoms with Crippen LogP contribution in [0, 0.1) is 0 Å². The van der Waals surface area contributed by atoms with Gasteiger partial charge in [-0.3, -0.25) is 0 Å². The second-order valence-electron chi connectivity index (χ2n) is 2.55. The largest absolute Gasteiger partial charge is 0.389 e. The molecule has 0 radical (unpaired) electrons. The Balaban J connectivity index is 3.00. The standard InChI is InChI=1S/C10H12O/c1-3-9-5-4-6-10(7-9)8(2)11/h3-8,11H,1H2,2H3/t8-/m1/s1. The SMILES string of the molecule is C=Cc1cccc([C@@H](C)O)c1. The molecule has 1 atom stereocenters. The monoisotopic (exact) mass is 148 g/mol. The Morgan fingerprint density at radius 1 is 1.55 bits per heavy atom. The molecule has 1 N–H and O–H groups in total. The van der Waals surface area contributed by atoms with Crippen LogP contribution in [0.3, 0.4) is 0 Å². The first kappa shape index (κ1) is 8.02. The topological polar surface area (TPSA) is 20.2 Å². The Bertz CT molecular complexity index is 251. The van der Waals surface area contributed by atoms with Crippen molar-refractivity contribution in [3.8, 4) is 0 Å².